The standard InChI is InChI=1S/C19H19N3OS/c23-18(13-7-4-5-8-13)21-15-11-6-12-16-17(15)22-19(24-16)20-14-9-2-1-3-10-14/h1-3,6,9-13H,4-5,7-8H2,(H,20,22)(H,21,23). The number of anilines is 3. The molecule has 1 aliphatic rings. The summed E-state index contributed by atoms with van der Waals surface area (Å²) < 4.78 is 1.07. The molecule has 1 aliphatic carbocycles. The zero-order valence-corrected chi connectivity index (χ0v) is 14.1. The van der Waals surface area contributed by atoms with E-state index < -0.39 is 0 Å². The number of hydrogen-bond donors (Lipinski definition) is 2. The second kappa shape index (κ2) is 6.61. The first-order valence-electron chi connectivity index (χ1n) is 8.32. The third kappa shape index (κ3) is 3.12. The molecule has 0 bridgehead atoms. The molecule has 2 N–H and O–H groups in total. The van der Waals surface area contributed by atoms with E-state index in [1.165, 1.54) is 0 Å². The Kier molecular flexibility index (Phi) is 4.17. The second-order valence-corrected chi connectivity index (χ2v) is 7.16. The molecule has 1 amide bonds. The topological polar surface area (TPSA) is 54.0 Å². The first-order chi connectivity index (χ1) is 11.8. The van der Waals surface area contributed by atoms with Gasteiger partial charge in [0.1, 0.15) is 5.52 Å². The van der Waals surface area contributed by atoms with E-state index in [2.05, 4.69) is 15.6 Å². The van der Waals surface area contributed by atoms with Gasteiger partial charge in [-0.1, -0.05) is 48.4 Å². The highest BCUT2D eigenvalue weighted by Crippen LogP contribution is 2.33. The monoisotopic (exact) mass is 337 g/mol. The van der Waals surface area contributed by atoms with Crippen LogP contribution in [0.15, 0.2) is 48.5 Å². The third-order valence-electron chi connectivity index (χ3n) is 4.43. The number of nitrogens with zero attached hydrogens (tertiary/aromatic N) is 1. The van der Waals surface area contributed by atoms with Crippen molar-refractivity contribution in [2.24, 2.45) is 5.92 Å². The van der Waals surface area contributed by atoms with E-state index in [0.717, 1.165) is 52.4 Å². The lowest BCUT2D eigenvalue weighted by molar-refractivity contribution is -0.119. The molecular formula is C19H19N3OS. The van der Waals surface area contributed by atoms with Crippen molar-refractivity contribution >= 4 is 44.0 Å². The quantitative estimate of drug-likeness (QED) is 0.690. The van der Waals surface area contributed by atoms with Crippen molar-refractivity contribution in [2.45, 2.75) is 25.7 Å². The number of amides is 1. The summed E-state index contributed by atoms with van der Waals surface area (Å²) in [5.74, 6) is 0.284. The zero-order valence-electron chi connectivity index (χ0n) is 13.3. The summed E-state index contributed by atoms with van der Waals surface area (Å²) in [5, 5.41) is 7.24. The number of benzene rings is 2. The maximum atomic E-state index is 12.4. The van der Waals surface area contributed by atoms with Crippen LogP contribution in [0.2, 0.25) is 0 Å². The van der Waals surface area contributed by atoms with Crippen LogP contribution in [0, 0.1) is 5.92 Å². The lowest BCUT2D eigenvalue weighted by Crippen LogP contribution is -2.20. The highest BCUT2D eigenvalue weighted by atomic mass is 32.1. The minimum atomic E-state index is 0.130. The van der Waals surface area contributed by atoms with Gasteiger partial charge in [0, 0.05) is 11.6 Å². The van der Waals surface area contributed by atoms with Gasteiger partial charge in [0.2, 0.25) is 5.91 Å². The van der Waals surface area contributed by atoms with Crippen LogP contribution in [0.1, 0.15) is 25.7 Å². The molecule has 0 spiro atoms. The molecule has 0 aliphatic heterocycles. The molecule has 24 heavy (non-hydrogen) atoms. The molecule has 5 heteroatoms. The third-order valence-corrected chi connectivity index (χ3v) is 5.36. The Bertz CT molecular complexity index is 853. The van der Waals surface area contributed by atoms with E-state index in [1.807, 2.05) is 48.5 Å². The lowest BCUT2D eigenvalue weighted by atomic mass is 10.1. The number of aromatic nitrogens is 1. The molecule has 1 fully saturated rings. The van der Waals surface area contributed by atoms with E-state index in [-0.39, 0.29) is 11.8 Å². The van der Waals surface area contributed by atoms with E-state index in [4.69, 9.17) is 0 Å². The smallest absolute Gasteiger partial charge is 0.227 e. The fourth-order valence-electron chi connectivity index (χ4n) is 3.17. The summed E-state index contributed by atoms with van der Waals surface area (Å²) in [6.07, 6.45) is 4.31. The van der Waals surface area contributed by atoms with Crippen molar-refractivity contribution in [3.63, 3.8) is 0 Å². The van der Waals surface area contributed by atoms with Crippen molar-refractivity contribution < 1.29 is 4.79 Å². The Balaban J connectivity index is 1.58. The van der Waals surface area contributed by atoms with Crippen LogP contribution in [0.4, 0.5) is 16.5 Å². The van der Waals surface area contributed by atoms with Crippen LogP contribution >= 0.6 is 11.3 Å². The summed E-state index contributed by atoms with van der Waals surface area (Å²) >= 11 is 1.59. The summed E-state index contributed by atoms with van der Waals surface area (Å²) in [4.78, 5) is 17.1. The van der Waals surface area contributed by atoms with Gasteiger partial charge < -0.3 is 10.6 Å². The molecule has 0 atom stereocenters. The number of carbonyl (C=O) groups is 1. The normalized spacial score (nSPS) is 14.8. The number of para-hydroxylation sites is 2. The van der Waals surface area contributed by atoms with Crippen LogP contribution in [0.5, 0.6) is 0 Å². The Morgan fingerprint density at radius 2 is 1.83 bits per heavy atom. The van der Waals surface area contributed by atoms with Gasteiger partial charge >= 0.3 is 0 Å². The minimum Gasteiger partial charge on any atom is -0.332 e. The van der Waals surface area contributed by atoms with Gasteiger partial charge in [-0.15, -0.1) is 0 Å². The molecule has 122 valence electrons. The SMILES string of the molecule is O=C(Nc1cccc2sc(Nc3ccccc3)nc12)C1CCCC1. The first-order valence-corrected chi connectivity index (χ1v) is 9.14. The van der Waals surface area contributed by atoms with Gasteiger partial charge in [0.15, 0.2) is 5.13 Å². The fourth-order valence-corrected chi connectivity index (χ4v) is 4.08. The van der Waals surface area contributed by atoms with E-state index in [0.29, 0.717) is 0 Å². The van der Waals surface area contributed by atoms with Crippen molar-refractivity contribution in [3.05, 3.63) is 48.5 Å². The minimum absolute atomic E-state index is 0.130. The number of fused-ring (bicyclic) bond motifs is 1. The van der Waals surface area contributed by atoms with Gasteiger partial charge in [-0.05, 0) is 37.1 Å². The molecule has 1 heterocycles. The van der Waals surface area contributed by atoms with Gasteiger partial charge in [0.05, 0.1) is 10.4 Å². The van der Waals surface area contributed by atoms with E-state index in [1.54, 1.807) is 11.3 Å². The molecule has 0 unspecified atom stereocenters. The van der Waals surface area contributed by atoms with Gasteiger partial charge in [-0.25, -0.2) is 4.98 Å². The van der Waals surface area contributed by atoms with Crippen LogP contribution in [-0.2, 0) is 4.79 Å². The van der Waals surface area contributed by atoms with E-state index in [9.17, 15) is 4.79 Å². The first kappa shape index (κ1) is 15.1. The molecule has 4 nitrogen and oxygen atoms in total. The van der Waals surface area contributed by atoms with E-state index >= 15 is 0 Å². The molecule has 0 saturated heterocycles. The summed E-state index contributed by atoms with van der Waals surface area (Å²) in [6.45, 7) is 0. The molecule has 1 saturated carbocycles. The summed E-state index contributed by atoms with van der Waals surface area (Å²) in [6, 6.07) is 15.9. The maximum Gasteiger partial charge on any atom is 0.227 e. The predicted octanol–water partition coefficient (Wildman–Crippen LogP) is 5.17. The van der Waals surface area contributed by atoms with Gasteiger partial charge in [0.25, 0.3) is 0 Å². The Hall–Kier alpha value is -2.40. The lowest BCUT2D eigenvalue weighted by Gasteiger charge is -2.10. The van der Waals surface area contributed by atoms with Crippen LogP contribution < -0.4 is 10.6 Å². The average Bonchev–Trinajstić information content (AvgIpc) is 3.25. The highest BCUT2D eigenvalue weighted by molar-refractivity contribution is 7.22. The van der Waals surface area contributed by atoms with Crippen molar-refractivity contribution in [3.8, 4) is 0 Å². The largest absolute Gasteiger partial charge is 0.332 e. The second-order valence-electron chi connectivity index (χ2n) is 6.13. The van der Waals surface area contributed by atoms with Crippen LogP contribution in [-0.4, -0.2) is 10.9 Å². The molecule has 2 aromatic carbocycles. The Morgan fingerprint density at radius 3 is 2.62 bits per heavy atom. The molecule has 4 rings (SSSR count). The number of carbonyl (C=O) groups excluding carboxylic acids is 1. The molecule has 0 radical (unpaired) electrons. The summed E-state index contributed by atoms with van der Waals surface area (Å²) in [5.41, 5.74) is 2.67. The Morgan fingerprint density at radius 1 is 1.04 bits per heavy atom. The Labute approximate surface area is 144 Å². The molecule has 1 aromatic heterocycles. The van der Waals surface area contributed by atoms with Crippen molar-refractivity contribution in [2.75, 3.05) is 10.6 Å². The highest BCUT2D eigenvalue weighted by Gasteiger charge is 2.23. The van der Waals surface area contributed by atoms with Gasteiger partial charge in [-0.2, -0.15) is 0 Å². The van der Waals surface area contributed by atoms with Crippen LogP contribution in [0.25, 0.3) is 10.2 Å². The summed E-state index contributed by atoms with van der Waals surface area (Å²) in [7, 11) is 0. The van der Waals surface area contributed by atoms with Crippen molar-refractivity contribution in [1.82, 2.24) is 4.98 Å². The average molecular weight is 337 g/mol. The van der Waals surface area contributed by atoms with Crippen LogP contribution in [0.3, 0.4) is 0 Å². The van der Waals surface area contributed by atoms with Gasteiger partial charge in [-0.3, -0.25) is 4.79 Å². The molecule has 3 aromatic rings. The fraction of sp³-hybridized carbons (Fsp3) is 0.263. The number of hydrogen-bond acceptors (Lipinski definition) is 4. The van der Waals surface area contributed by atoms with Crippen molar-refractivity contribution in [1.29, 1.82) is 0 Å². The number of rotatable bonds is 4. The maximum absolute atomic E-state index is 12.4. The number of nitrogens with one attached hydrogen (secondary N) is 2. The zero-order chi connectivity index (χ0) is 16.4. The molecular weight excluding hydrogens is 318 g/mol. The number of thiazole rings is 1. The predicted molar refractivity (Wildman–Crippen MR) is 99.9 cm³/mol.